The van der Waals surface area contributed by atoms with Crippen LogP contribution in [0, 0.1) is 0 Å². The van der Waals surface area contributed by atoms with Crippen molar-refractivity contribution < 1.29 is 14.7 Å². The quantitative estimate of drug-likeness (QED) is 0.664. The van der Waals surface area contributed by atoms with E-state index in [4.69, 9.17) is 5.11 Å². The number of benzene rings is 1. The third-order valence-corrected chi connectivity index (χ3v) is 1.95. The van der Waals surface area contributed by atoms with Crippen LogP contribution in [0.4, 0.5) is 5.69 Å². The monoisotopic (exact) mass is 234 g/mol. The van der Waals surface area contributed by atoms with Crippen molar-refractivity contribution in [1.29, 1.82) is 0 Å². The Morgan fingerprint density at radius 2 is 2.12 bits per heavy atom. The van der Waals surface area contributed by atoms with E-state index in [1.165, 1.54) is 0 Å². The number of amides is 1. The third-order valence-electron chi connectivity index (χ3n) is 1.95. The minimum atomic E-state index is -1.15. The topological polar surface area (TPSA) is 78.4 Å². The van der Waals surface area contributed by atoms with Gasteiger partial charge in [0, 0.05) is 24.4 Å². The molecular weight excluding hydrogens is 220 g/mol. The average Bonchev–Trinajstić information content (AvgIpc) is 2.27. The molecule has 0 atom stereocenters. The van der Waals surface area contributed by atoms with E-state index in [2.05, 4.69) is 10.6 Å². The van der Waals surface area contributed by atoms with Gasteiger partial charge in [-0.1, -0.05) is 12.1 Å². The van der Waals surface area contributed by atoms with Gasteiger partial charge in [0.25, 0.3) is 0 Å². The molecule has 0 aromatic heterocycles. The van der Waals surface area contributed by atoms with Crippen molar-refractivity contribution in [2.45, 2.75) is 6.54 Å². The predicted molar refractivity (Wildman–Crippen MR) is 64.6 cm³/mol. The van der Waals surface area contributed by atoms with Gasteiger partial charge >= 0.3 is 5.97 Å². The van der Waals surface area contributed by atoms with Crippen LogP contribution in [0.1, 0.15) is 5.56 Å². The Balaban J connectivity index is 2.65. The lowest BCUT2D eigenvalue weighted by molar-refractivity contribution is -0.131. The van der Waals surface area contributed by atoms with Crippen molar-refractivity contribution in [2.75, 3.05) is 12.4 Å². The first kappa shape index (κ1) is 12.9. The summed E-state index contributed by atoms with van der Waals surface area (Å²) in [6, 6.07) is 7.32. The van der Waals surface area contributed by atoms with E-state index in [-0.39, 0.29) is 0 Å². The van der Waals surface area contributed by atoms with Gasteiger partial charge in [-0.3, -0.25) is 4.79 Å². The summed E-state index contributed by atoms with van der Waals surface area (Å²) in [6.45, 7) is 0.703. The Kier molecular flexibility index (Phi) is 4.90. The number of hydrogen-bond donors (Lipinski definition) is 3. The minimum Gasteiger partial charge on any atom is -0.478 e. The highest BCUT2D eigenvalue weighted by molar-refractivity contribution is 6.02. The number of aliphatic carboxylic acids is 1. The molecule has 5 heteroatoms. The fraction of sp³-hybridized carbons (Fsp3) is 0.167. The summed E-state index contributed by atoms with van der Waals surface area (Å²) in [5, 5.41) is 13.9. The molecule has 5 nitrogen and oxygen atoms in total. The highest BCUT2D eigenvalue weighted by atomic mass is 16.4. The van der Waals surface area contributed by atoms with Crippen molar-refractivity contribution >= 4 is 17.6 Å². The SMILES string of the molecule is CNCc1cccc(NC(=O)/C=C/C(=O)O)c1. The Morgan fingerprint density at radius 1 is 1.35 bits per heavy atom. The number of hydrogen-bond acceptors (Lipinski definition) is 3. The minimum absolute atomic E-state index is 0.464. The average molecular weight is 234 g/mol. The van der Waals surface area contributed by atoms with Crippen LogP contribution in [-0.4, -0.2) is 24.0 Å². The Labute approximate surface area is 99.1 Å². The Morgan fingerprint density at radius 3 is 2.76 bits per heavy atom. The number of carboxylic acids is 1. The lowest BCUT2D eigenvalue weighted by Gasteiger charge is -2.05. The molecule has 0 bridgehead atoms. The molecule has 0 unspecified atom stereocenters. The van der Waals surface area contributed by atoms with Crippen molar-refractivity contribution in [3.8, 4) is 0 Å². The van der Waals surface area contributed by atoms with Gasteiger partial charge in [-0.05, 0) is 24.7 Å². The van der Waals surface area contributed by atoms with Gasteiger partial charge in [0.15, 0.2) is 0 Å². The lowest BCUT2D eigenvalue weighted by Crippen LogP contribution is -2.10. The molecule has 0 fully saturated rings. The Hall–Kier alpha value is -2.14. The van der Waals surface area contributed by atoms with Gasteiger partial charge in [-0.15, -0.1) is 0 Å². The molecule has 0 aliphatic heterocycles. The Bertz CT molecular complexity index is 441. The first-order valence-electron chi connectivity index (χ1n) is 5.07. The number of carbonyl (C=O) groups excluding carboxylic acids is 1. The molecule has 1 aromatic carbocycles. The van der Waals surface area contributed by atoms with Crippen LogP contribution in [0.5, 0.6) is 0 Å². The van der Waals surface area contributed by atoms with Gasteiger partial charge in [0.1, 0.15) is 0 Å². The van der Waals surface area contributed by atoms with Crippen LogP contribution < -0.4 is 10.6 Å². The number of anilines is 1. The van der Waals surface area contributed by atoms with Gasteiger partial charge in [0.2, 0.25) is 5.91 Å². The third kappa shape index (κ3) is 4.94. The molecule has 0 saturated carbocycles. The molecule has 1 aromatic rings. The smallest absolute Gasteiger partial charge is 0.328 e. The van der Waals surface area contributed by atoms with Crippen LogP contribution in [0.3, 0.4) is 0 Å². The molecule has 0 saturated heterocycles. The van der Waals surface area contributed by atoms with Gasteiger partial charge in [-0.2, -0.15) is 0 Å². The van der Waals surface area contributed by atoms with E-state index in [1.54, 1.807) is 6.07 Å². The second-order valence-corrected chi connectivity index (χ2v) is 3.39. The number of carbonyl (C=O) groups is 2. The molecule has 0 aliphatic carbocycles. The van der Waals surface area contributed by atoms with E-state index in [0.29, 0.717) is 12.2 Å². The zero-order valence-electron chi connectivity index (χ0n) is 9.43. The van der Waals surface area contributed by atoms with Crippen LogP contribution in [0.2, 0.25) is 0 Å². The first-order chi connectivity index (χ1) is 8.11. The summed E-state index contributed by atoms with van der Waals surface area (Å²) < 4.78 is 0. The fourth-order valence-electron chi connectivity index (χ4n) is 1.29. The van der Waals surface area contributed by atoms with Crippen LogP contribution in [-0.2, 0) is 16.1 Å². The molecule has 1 amide bonds. The van der Waals surface area contributed by atoms with E-state index in [0.717, 1.165) is 17.7 Å². The molecule has 90 valence electrons. The summed E-state index contributed by atoms with van der Waals surface area (Å²) in [5.74, 6) is -1.61. The number of rotatable bonds is 5. The van der Waals surface area contributed by atoms with Gasteiger partial charge in [0.05, 0.1) is 0 Å². The highest BCUT2D eigenvalue weighted by Crippen LogP contribution is 2.10. The molecule has 17 heavy (non-hydrogen) atoms. The fourth-order valence-corrected chi connectivity index (χ4v) is 1.29. The zero-order chi connectivity index (χ0) is 12.7. The second kappa shape index (κ2) is 6.44. The molecule has 0 spiro atoms. The summed E-state index contributed by atoms with van der Waals surface area (Å²) in [7, 11) is 1.83. The molecule has 0 aliphatic rings. The normalized spacial score (nSPS) is 10.4. The largest absolute Gasteiger partial charge is 0.478 e. The second-order valence-electron chi connectivity index (χ2n) is 3.39. The highest BCUT2D eigenvalue weighted by Gasteiger charge is 1.99. The van der Waals surface area contributed by atoms with Crippen LogP contribution in [0.15, 0.2) is 36.4 Å². The van der Waals surface area contributed by atoms with E-state index >= 15 is 0 Å². The van der Waals surface area contributed by atoms with E-state index < -0.39 is 11.9 Å². The van der Waals surface area contributed by atoms with Crippen molar-refractivity contribution in [1.82, 2.24) is 5.32 Å². The summed E-state index contributed by atoms with van der Waals surface area (Å²) >= 11 is 0. The lowest BCUT2D eigenvalue weighted by atomic mass is 10.2. The molecule has 3 N–H and O–H groups in total. The number of carboxylic acid groups (broad SMARTS) is 1. The van der Waals surface area contributed by atoms with Crippen molar-refractivity contribution in [2.24, 2.45) is 0 Å². The maximum atomic E-state index is 11.3. The van der Waals surface area contributed by atoms with E-state index in [9.17, 15) is 9.59 Å². The predicted octanol–water partition coefficient (Wildman–Crippen LogP) is 0.985. The van der Waals surface area contributed by atoms with Crippen molar-refractivity contribution in [3.05, 3.63) is 42.0 Å². The summed E-state index contributed by atoms with van der Waals surface area (Å²) in [5.41, 5.74) is 1.67. The molecule has 0 radical (unpaired) electrons. The molecule has 0 heterocycles. The maximum Gasteiger partial charge on any atom is 0.328 e. The summed E-state index contributed by atoms with van der Waals surface area (Å²) in [4.78, 5) is 21.5. The van der Waals surface area contributed by atoms with Gasteiger partial charge in [-0.25, -0.2) is 4.79 Å². The standard InChI is InChI=1S/C12H14N2O3/c1-13-8-9-3-2-4-10(7-9)14-11(15)5-6-12(16)17/h2-7,13H,8H2,1H3,(H,14,15)(H,16,17)/b6-5+. The molecule has 1 rings (SSSR count). The summed E-state index contributed by atoms with van der Waals surface area (Å²) in [6.07, 6.45) is 1.78. The van der Waals surface area contributed by atoms with Gasteiger partial charge < -0.3 is 15.7 Å². The van der Waals surface area contributed by atoms with Crippen LogP contribution >= 0.6 is 0 Å². The van der Waals surface area contributed by atoms with E-state index in [1.807, 2.05) is 25.2 Å². The first-order valence-corrected chi connectivity index (χ1v) is 5.07. The maximum absolute atomic E-state index is 11.3. The zero-order valence-corrected chi connectivity index (χ0v) is 9.43. The molecular formula is C12H14N2O3. The number of nitrogens with one attached hydrogen (secondary N) is 2. The van der Waals surface area contributed by atoms with Crippen LogP contribution in [0.25, 0.3) is 0 Å². The van der Waals surface area contributed by atoms with Crippen molar-refractivity contribution in [3.63, 3.8) is 0 Å².